The average molecular weight is 374 g/mol. The van der Waals surface area contributed by atoms with E-state index in [0.29, 0.717) is 16.7 Å². The van der Waals surface area contributed by atoms with Crippen molar-refractivity contribution >= 4 is 17.0 Å². The lowest BCUT2D eigenvalue weighted by molar-refractivity contribution is -0.117. The van der Waals surface area contributed by atoms with Gasteiger partial charge in [-0.25, -0.2) is 18.7 Å². The van der Waals surface area contributed by atoms with Gasteiger partial charge < -0.3 is 16.7 Å². The van der Waals surface area contributed by atoms with Crippen LogP contribution in [0, 0.1) is 0 Å². The Labute approximate surface area is 154 Å². The first-order chi connectivity index (χ1) is 12.9. The third kappa shape index (κ3) is 3.59. The van der Waals surface area contributed by atoms with Gasteiger partial charge in [-0.15, -0.1) is 0 Å². The van der Waals surface area contributed by atoms with E-state index in [1.807, 2.05) is 6.07 Å². The Balaban J connectivity index is 2.00. The van der Waals surface area contributed by atoms with Gasteiger partial charge in [0.1, 0.15) is 11.4 Å². The van der Waals surface area contributed by atoms with Crippen molar-refractivity contribution < 1.29 is 13.9 Å². The number of fused-ring (bicyclic) bond motifs is 1. The first-order valence-electron chi connectivity index (χ1n) is 8.41. The molecule has 1 unspecified atom stereocenters. The molecule has 0 radical (unpaired) electrons. The molecule has 1 atom stereocenters. The van der Waals surface area contributed by atoms with E-state index in [1.54, 1.807) is 42.0 Å². The predicted molar refractivity (Wildman–Crippen MR) is 98.6 cm³/mol. The van der Waals surface area contributed by atoms with Crippen molar-refractivity contribution in [1.29, 1.82) is 0 Å². The van der Waals surface area contributed by atoms with E-state index in [2.05, 4.69) is 15.1 Å². The largest absolute Gasteiger partial charge is 0.382 e. The van der Waals surface area contributed by atoms with Crippen LogP contribution in [0.15, 0.2) is 47.8 Å². The number of hydrazone groups is 1. The molecule has 9 heteroatoms. The number of alkyl halides is 2. The maximum absolute atomic E-state index is 14.0. The summed E-state index contributed by atoms with van der Waals surface area (Å²) in [7, 11) is 0. The second kappa shape index (κ2) is 7.28. The van der Waals surface area contributed by atoms with Gasteiger partial charge in [0.25, 0.3) is 5.92 Å². The zero-order valence-electron chi connectivity index (χ0n) is 14.7. The van der Waals surface area contributed by atoms with E-state index in [0.717, 1.165) is 5.69 Å². The molecule has 2 aromatic heterocycles. The number of aromatic nitrogens is 3. The summed E-state index contributed by atoms with van der Waals surface area (Å²) >= 11 is 0. The highest BCUT2D eigenvalue weighted by atomic mass is 19.3. The summed E-state index contributed by atoms with van der Waals surface area (Å²) in [6, 6.07) is 8.78. The molecule has 0 aliphatic carbocycles. The minimum atomic E-state index is -3.26. The normalized spacial score (nSPS) is 13.9. The lowest BCUT2D eigenvalue weighted by Gasteiger charge is -2.21. The summed E-state index contributed by atoms with van der Waals surface area (Å²) in [4.78, 5) is 8.39. The van der Waals surface area contributed by atoms with E-state index in [9.17, 15) is 13.9 Å². The van der Waals surface area contributed by atoms with Crippen LogP contribution < -0.4 is 11.6 Å². The topological polar surface area (TPSA) is 115 Å². The Morgan fingerprint density at radius 2 is 2.15 bits per heavy atom. The van der Waals surface area contributed by atoms with Crippen LogP contribution in [0.3, 0.4) is 0 Å². The lowest BCUT2D eigenvalue weighted by atomic mass is 10.1. The van der Waals surface area contributed by atoms with Gasteiger partial charge in [0.2, 0.25) is 0 Å². The quantitative estimate of drug-likeness (QED) is 0.265. The van der Waals surface area contributed by atoms with Crippen molar-refractivity contribution in [1.82, 2.24) is 14.5 Å². The lowest BCUT2D eigenvalue weighted by Crippen LogP contribution is -2.26. The third-order valence-electron chi connectivity index (χ3n) is 4.23. The van der Waals surface area contributed by atoms with Gasteiger partial charge in [-0.3, -0.25) is 4.57 Å². The SMILES string of the molecule is CCCC(F)(F)C(O)c1cnc2c(ccn2-c2cccc(/C(N)=N/N)c2)n1. The Morgan fingerprint density at radius 1 is 1.37 bits per heavy atom. The molecule has 142 valence electrons. The molecular weight excluding hydrogens is 354 g/mol. The second-order valence-corrected chi connectivity index (χ2v) is 6.17. The smallest absolute Gasteiger partial charge is 0.279 e. The van der Waals surface area contributed by atoms with Crippen molar-refractivity contribution in [2.75, 3.05) is 0 Å². The molecule has 3 rings (SSSR count). The third-order valence-corrected chi connectivity index (χ3v) is 4.23. The molecule has 0 saturated carbocycles. The molecule has 0 bridgehead atoms. The Kier molecular flexibility index (Phi) is 5.04. The second-order valence-electron chi connectivity index (χ2n) is 6.17. The number of aliphatic hydroxyl groups excluding tert-OH is 1. The fourth-order valence-corrected chi connectivity index (χ4v) is 2.84. The van der Waals surface area contributed by atoms with Crippen LogP contribution in [0.5, 0.6) is 0 Å². The van der Waals surface area contributed by atoms with Crippen molar-refractivity contribution in [3.05, 3.63) is 54.0 Å². The maximum atomic E-state index is 14.0. The van der Waals surface area contributed by atoms with Crippen LogP contribution >= 0.6 is 0 Å². The van der Waals surface area contributed by atoms with E-state index in [4.69, 9.17) is 11.6 Å². The molecule has 2 heterocycles. The molecule has 0 aliphatic rings. The van der Waals surface area contributed by atoms with Gasteiger partial charge in [0, 0.05) is 23.9 Å². The Hall–Kier alpha value is -3.07. The molecular formula is C18H20F2N6O. The molecule has 0 amide bonds. The van der Waals surface area contributed by atoms with Crippen molar-refractivity contribution in [3.8, 4) is 5.69 Å². The fourth-order valence-electron chi connectivity index (χ4n) is 2.84. The van der Waals surface area contributed by atoms with Crippen LogP contribution in [-0.2, 0) is 0 Å². The number of amidine groups is 1. The van der Waals surface area contributed by atoms with Crippen LogP contribution in [0.4, 0.5) is 8.78 Å². The van der Waals surface area contributed by atoms with E-state index >= 15 is 0 Å². The number of halogens is 2. The summed E-state index contributed by atoms with van der Waals surface area (Å²) in [5.74, 6) is 2.14. The summed E-state index contributed by atoms with van der Waals surface area (Å²) in [5.41, 5.74) is 7.80. The zero-order valence-corrected chi connectivity index (χ0v) is 14.7. The van der Waals surface area contributed by atoms with Gasteiger partial charge in [-0.05, 0) is 18.2 Å². The molecule has 0 aliphatic heterocycles. The standard InChI is InChI=1S/C18H20F2N6O/c1-2-7-18(19,20)15(27)14-10-23-17-13(24-14)6-8-26(17)12-5-3-4-11(9-12)16(21)25-22/h3-6,8-10,15,27H,2,7,22H2,1H3,(H2,21,25). The molecule has 7 nitrogen and oxygen atoms in total. The number of aliphatic hydroxyl groups is 1. The van der Waals surface area contributed by atoms with Gasteiger partial charge in [0.15, 0.2) is 11.8 Å². The predicted octanol–water partition coefficient (Wildman–Crippen LogP) is 2.47. The van der Waals surface area contributed by atoms with Crippen molar-refractivity contribution in [3.63, 3.8) is 0 Å². The molecule has 27 heavy (non-hydrogen) atoms. The molecule has 1 aromatic carbocycles. The van der Waals surface area contributed by atoms with Gasteiger partial charge in [-0.1, -0.05) is 25.5 Å². The highest BCUT2D eigenvalue weighted by Gasteiger charge is 2.39. The Morgan fingerprint density at radius 3 is 2.85 bits per heavy atom. The van der Waals surface area contributed by atoms with E-state index in [-0.39, 0.29) is 18.0 Å². The molecule has 0 spiro atoms. The first kappa shape index (κ1) is 18.7. The van der Waals surface area contributed by atoms with Crippen LogP contribution in [0.2, 0.25) is 0 Å². The maximum Gasteiger partial charge on any atom is 0.279 e. The number of hydrogen-bond acceptors (Lipinski definition) is 5. The zero-order chi connectivity index (χ0) is 19.6. The highest BCUT2D eigenvalue weighted by molar-refractivity contribution is 5.97. The minimum Gasteiger partial charge on any atom is -0.382 e. The Bertz CT molecular complexity index is 985. The minimum absolute atomic E-state index is 0.160. The summed E-state index contributed by atoms with van der Waals surface area (Å²) in [5, 5.41) is 13.5. The van der Waals surface area contributed by atoms with Crippen LogP contribution in [-0.4, -0.2) is 31.4 Å². The summed E-state index contributed by atoms with van der Waals surface area (Å²) < 4.78 is 29.7. The van der Waals surface area contributed by atoms with Crippen molar-refractivity contribution in [2.45, 2.75) is 31.8 Å². The summed E-state index contributed by atoms with van der Waals surface area (Å²) in [6.07, 6.45) is 0.710. The summed E-state index contributed by atoms with van der Waals surface area (Å²) in [6.45, 7) is 1.63. The number of rotatable bonds is 6. The van der Waals surface area contributed by atoms with Crippen LogP contribution in [0.1, 0.15) is 37.1 Å². The van der Waals surface area contributed by atoms with Gasteiger partial charge >= 0.3 is 0 Å². The molecule has 5 N–H and O–H groups in total. The van der Waals surface area contributed by atoms with Crippen molar-refractivity contribution in [2.24, 2.45) is 16.7 Å². The fraction of sp³-hybridized carbons (Fsp3) is 0.278. The number of hydrogen-bond donors (Lipinski definition) is 3. The average Bonchev–Trinajstić information content (AvgIpc) is 3.10. The van der Waals surface area contributed by atoms with Gasteiger partial charge in [0.05, 0.1) is 11.9 Å². The van der Waals surface area contributed by atoms with E-state index in [1.165, 1.54) is 6.20 Å². The number of nitrogens with zero attached hydrogens (tertiary/aromatic N) is 4. The number of benzene rings is 1. The van der Waals surface area contributed by atoms with Gasteiger partial charge in [-0.2, -0.15) is 5.10 Å². The first-order valence-corrected chi connectivity index (χ1v) is 8.41. The molecule has 0 saturated heterocycles. The highest BCUT2D eigenvalue weighted by Crippen LogP contribution is 2.34. The number of nitrogens with two attached hydrogens (primary N) is 2. The monoisotopic (exact) mass is 374 g/mol. The molecule has 3 aromatic rings. The van der Waals surface area contributed by atoms with E-state index < -0.39 is 18.4 Å². The molecule has 0 fully saturated rings. The van der Waals surface area contributed by atoms with Crippen LogP contribution in [0.25, 0.3) is 16.9 Å².